The second-order valence-electron chi connectivity index (χ2n) is 11.9. The Morgan fingerprint density at radius 2 is 0.971 bits per heavy atom. The molecule has 4 heteroatoms. The number of fused-ring (bicyclic) bond motifs is 4. The molecule has 2 aromatic carbocycles. The minimum absolute atomic E-state index is 0. The van der Waals surface area contributed by atoms with E-state index in [1.165, 1.54) is 49.7 Å². The maximum absolute atomic E-state index is 6.45. The van der Waals surface area contributed by atoms with Gasteiger partial charge in [-0.1, -0.05) is 74.5 Å². The first-order valence-corrected chi connectivity index (χ1v) is 13.0. The molecule has 8 atom stereocenters. The maximum Gasteiger partial charge on any atom is 0.0127 e. The van der Waals surface area contributed by atoms with Gasteiger partial charge in [-0.15, -0.1) is 24.8 Å². The van der Waals surface area contributed by atoms with Crippen molar-refractivity contribution >= 4 is 24.8 Å². The van der Waals surface area contributed by atoms with Crippen molar-refractivity contribution in [3.63, 3.8) is 0 Å². The van der Waals surface area contributed by atoms with E-state index in [9.17, 15) is 0 Å². The first-order valence-electron chi connectivity index (χ1n) is 13.0. The lowest BCUT2D eigenvalue weighted by atomic mass is 9.68. The molecule has 0 heterocycles. The van der Waals surface area contributed by atoms with Crippen molar-refractivity contribution in [2.24, 2.45) is 46.0 Å². The zero-order valence-electron chi connectivity index (χ0n) is 20.9. The third-order valence-corrected chi connectivity index (χ3v) is 10.2. The van der Waals surface area contributed by atoms with Gasteiger partial charge in [-0.25, -0.2) is 0 Å². The van der Waals surface area contributed by atoms with Crippen LogP contribution < -0.4 is 11.5 Å². The molecule has 0 unspecified atom stereocenters. The molecule has 4 aliphatic rings. The monoisotopic (exact) mass is 502 g/mol. The average molecular weight is 504 g/mol. The van der Waals surface area contributed by atoms with Crippen molar-refractivity contribution in [1.29, 1.82) is 0 Å². The van der Waals surface area contributed by atoms with Crippen LogP contribution in [0.25, 0.3) is 0 Å². The number of hydrogen-bond acceptors (Lipinski definition) is 2. The van der Waals surface area contributed by atoms with Crippen LogP contribution in [0.4, 0.5) is 0 Å². The first kappa shape index (κ1) is 27.5. The fraction of sp³-hybridized carbons (Fsp3) is 0.600. The minimum Gasteiger partial charge on any atom is -0.327 e. The van der Waals surface area contributed by atoms with Crippen LogP contribution in [0.15, 0.2) is 60.7 Å². The molecule has 4 aliphatic carbocycles. The van der Waals surface area contributed by atoms with Crippen LogP contribution >= 0.6 is 24.8 Å². The Kier molecular flexibility index (Phi) is 8.83. The molecular formula is C30H44Cl2N2. The van der Waals surface area contributed by atoms with Gasteiger partial charge in [0.1, 0.15) is 0 Å². The Morgan fingerprint density at radius 3 is 1.26 bits per heavy atom. The highest BCUT2D eigenvalue weighted by molar-refractivity contribution is 5.85. The second-order valence-corrected chi connectivity index (χ2v) is 11.9. The van der Waals surface area contributed by atoms with Crippen LogP contribution in [0.1, 0.15) is 63.5 Å². The van der Waals surface area contributed by atoms with Gasteiger partial charge in [-0.2, -0.15) is 0 Å². The summed E-state index contributed by atoms with van der Waals surface area (Å²) < 4.78 is 0. The maximum atomic E-state index is 6.45. The molecule has 0 aliphatic heterocycles. The number of rotatable bonds is 4. The van der Waals surface area contributed by atoms with Gasteiger partial charge in [0.2, 0.25) is 0 Å². The fourth-order valence-electron chi connectivity index (χ4n) is 8.10. The largest absolute Gasteiger partial charge is 0.327 e. The Balaban J connectivity index is 0.000000180. The molecule has 4 fully saturated rings. The van der Waals surface area contributed by atoms with Crippen molar-refractivity contribution in [3.05, 3.63) is 71.8 Å². The highest BCUT2D eigenvalue weighted by Crippen LogP contribution is 2.57. The summed E-state index contributed by atoms with van der Waals surface area (Å²) in [5, 5.41) is 0. The van der Waals surface area contributed by atoms with Crippen LogP contribution in [0, 0.1) is 34.5 Å². The summed E-state index contributed by atoms with van der Waals surface area (Å²) in [5.74, 6) is 3.35. The molecule has 0 spiro atoms. The highest BCUT2D eigenvalue weighted by Gasteiger charge is 2.54. The van der Waals surface area contributed by atoms with E-state index in [-0.39, 0.29) is 24.8 Å². The molecule has 6 rings (SSSR count). The van der Waals surface area contributed by atoms with E-state index in [1.54, 1.807) is 0 Å². The molecule has 4 saturated carbocycles. The van der Waals surface area contributed by atoms with Gasteiger partial charge in [-0.3, -0.25) is 0 Å². The van der Waals surface area contributed by atoms with Crippen molar-refractivity contribution < 1.29 is 0 Å². The molecular weight excluding hydrogens is 459 g/mol. The van der Waals surface area contributed by atoms with Crippen LogP contribution in [0.2, 0.25) is 0 Å². The number of hydrogen-bond donors (Lipinski definition) is 2. The van der Waals surface area contributed by atoms with Crippen LogP contribution in [0.5, 0.6) is 0 Å². The first-order chi connectivity index (χ1) is 15.4. The zero-order chi connectivity index (χ0) is 22.3. The van der Waals surface area contributed by atoms with E-state index in [2.05, 4.69) is 74.5 Å². The lowest BCUT2D eigenvalue weighted by Gasteiger charge is -2.39. The number of benzene rings is 2. The summed E-state index contributed by atoms with van der Waals surface area (Å²) in [4.78, 5) is 0. The molecule has 0 amide bonds. The average Bonchev–Trinajstić information content (AvgIpc) is 3.57. The summed E-state index contributed by atoms with van der Waals surface area (Å²) in [6, 6.07) is 22.5. The van der Waals surface area contributed by atoms with Gasteiger partial charge < -0.3 is 11.5 Å². The Labute approximate surface area is 219 Å². The molecule has 4 N–H and O–H groups in total. The van der Waals surface area contributed by atoms with Gasteiger partial charge >= 0.3 is 0 Å². The molecule has 0 saturated heterocycles. The van der Waals surface area contributed by atoms with Gasteiger partial charge in [-0.05, 0) is 97.0 Å². The van der Waals surface area contributed by atoms with Crippen molar-refractivity contribution in [2.45, 2.75) is 77.3 Å². The van der Waals surface area contributed by atoms with E-state index in [0.29, 0.717) is 22.9 Å². The smallest absolute Gasteiger partial charge is 0.0127 e. The standard InChI is InChI=1S/2C15H21N.2ClH/c2*1-15(10-11-5-3-2-4-6-11)13-8-7-12(9-13)14(15)16;;/h2*2-6,12-14H,7-10,16H2,1H3;2*1H/t2*12-,13+,14-,15+;;/m10../s1. The molecule has 2 aromatic rings. The summed E-state index contributed by atoms with van der Waals surface area (Å²) in [5.41, 5.74) is 16.5. The van der Waals surface area contributed by atoms with Gasteiger partial charge in [0.25, 0.3) is 0 Å². The number of nitrogens with two attached hydrogens (primary N) is 2. The van der Waals surface area contributed by atoms with E-state index in [0.717, 1.165) is 36.5 Å². The SMILES string of the molecule is C[C@@]1(Cc2ccccc2)[C@@H]2CC[C@@H](C2)[C@@H]1N.C[C@]1(Cc2ccccc2)[C@H]2CC[C@H](C2)[C@H]1N.Cl.Cl. The summed E-state index contributed by atoms with van der Waals surface area (Å²) >= 11 is 0. The molecule has 188 valence electrons. The minimum atomic E-state index is 0. The third-order valence-electron chi connectivity index (χ3n) is 10.2. The van der Waals surface area contributed by atoms with Crippen molar-refractivity contribution in [2.75, 3.05) is 0 Å². The Bertz CT molecular complexity index is 823. The predicted octanol–water partition coefficient (Wildman–Crippen LogP) is 6.83. The van der Waals surface area contributed by atoms with Crippen LogP contribution in [-0.2, 0) is 12.8 Å². The normalized spacial score (nSPS) is 39.1. The number of halogens is 2. The predicted molar refractivity (Wildman–Crippen MR) is 149 cm³/mol. The van der Waals surface area contributed by atoms with E-state index in [1.807, 2.05) is 0 Å². The molecule has 0 radical (unpaired) electrons. The van der Waals surface area contributed by atoms with Crippen LogP contribution in [0.3, 0.4) is 0 Å². The van der Waals surface area contributed by atoms with Crippen LogP contribution in [-0.4, -0.2) is 12.1 Å². The van der Waals surface area contributed by atoms with Gasteiger partial charge in [0, 0.05) is 12.1 Å². The Morgan fingerprint density at radius 1 is 0.618 bits per heavy atom. The molecule has 4 bridgehead atoms. The lowest BCUT2D eigenvalue weighted by Crippen LogP contribution is -2.45. The lowest BCUT2D eigenvalue weighted by molar-refractivity contribution is 0.155. The summed E-state index contributed by atoms with van der Waals surface area (Å²) in [6.45, 7) is 4.82. The van der Waals surface area contributed by atoms with Crippen molar-refractivity contribution in [3.8, 4) is 0 Å². The summed E-state index contributed by atoms with van der Waals surface area (Å²) in [6.07, 6.45) is 10.6. The van der Waals surface area contributed by atoms with E-state index < -0.39 is 0 Å². The Hall–Kier alpha value is -1.06. The molecule has 0 aromatic heterocycles. The fourth-order valence-corrected chi connectivity index (χ4v) is 8.10. The second kappa shape index (κ2) is 10.9. The quantitative estimate of drug-likeness (QED) is 0.481. The van der Waals surface area contributed by atoms with E-state index >= 15 is 0 Å². The zero-order valence-corrected chi connectivity index (χ0v) is 22.5. The molecule has 34 heavy (non-hydrogen) atoms. The topological polar surface area (TPSA) is 52.0 Å². The van der Waals surface area contributed by atoms with Gasteiger partial charge in [0.15, 0.2) is 0 Å². The van der Waals surface area contributed by atoms with E-state index in [4.69, 9.17) is 11.5 Å². The summed E-state index contributed by atoms with van der Waals surface area (Å²) in [7, 11) is 0. The van der Waals surface area contributed by atoms with Crippen molar-refractivity contribution in [1.82, 2.24) is 0 Å². The highest BCUT2D eigenvalue weighted by atomic mass is 35.5. The van der Waals surface area contributed by atoms with Gasteiger partial charge in [0.05, 0.1) is 0 Å². The molecule has 2 nitrogen and oxygen atoms in total. The third kappa shape index (κ3) is 4.94.